The van der Waals surface area contributed by atoms with Crippen LogP contribution in [0.4, 0.5) is 10.5 Å². The van der Waals surface area contributed by atoms with Gasteiger partial charge in [0.1, 0.15) is 5.60 Å². The van der Waals surface area contributed by atoms with E-state index in [-0.39, 0.29) is 6.09 Å². The number of carbonyl (C=O) groups is 2. The SMILES string of the molecule is [2H]C([2H])(C(=O)N(C)C)c1ccc(N2CCCN(C(=O)OC(C)(C)C)CC2)cc1. The summed E-state index contributed by atoms with van der Waals surface area (Å²) < 4.78 is 21.7. The molecule has 1 aliphatic rings. The summed E-state index contributed by atoms with van der Waals surface area (Å²) in [5.41, 5.74) is 0.769. The van der Waals surface area contributed by atoms with Crippen molar-refractivity contribution in [3.8, 4) is 0 Å². The number of hydrogen-bond donors (Lipinski definition) is 0. The van der Waals surface area contributed by atoms with Gasteiger partial charge >= 0.3 is 6.09 Å². The Hall–Kier alpha value is -2.24. The van der Waals surface area contributed by atoms with Gasteiger partial charge in [0.15, 0.2) is 0 Å². The summed E-state index contributed by atoms with van der Waals surface area (Å²) in [6.07, 6.45) is -1.53. The Kier molecular flexibility index (Phi) is 5.57. The van der Waals surface area contributed by atoms with Gasteiger partial charge in [-0.05, 0) is 44.9 Å². The lowest BCUT2D eigenvalue weighted by molar-refractivity contribution is -0.127. The molecule has 144 valence electrons. The van der Waals surface area contributed by atoms with Crippen molar-refractivity contribution in [1.29, 1.82) is 0 Å². The number of nitrogens with zero attached hydrogens (tertiary/aromatic N) is 3. The zero-order chi connectivity index (χ0) is 21.1. The van der Waals surface area contributed by atoms with Crippen LogP contribution in [0.2, 0.25) is 0 Å². The van der Waals surface area contributed by atoms with Crippen molar-refractivity contribution in [2.45, 2.75) is 39.2 Å². The minimum atomic E-state index is -2.06. The molecule has 0 saturated carbocycles. The number of benzene rings is 1. The molecule has 0 bridgehead atoms. The molecule has 1 heterocycles. The first kappa shape index (κ1) is 17.2. The minimum Gasteiger partial charge on any atom is -0.444 e. The second kappa shape index (κ2) is 8.43. The molecular formula is C20H31N3O3. The summed E-state index contributed by atoms with van der Waals surface area (Å²) in [7, 11) is 3.09. The molecule has 1 aromatic carbocycles. The highest BCUT2D eigenvalue weighted by Crippen LogP contribution is 2.19. The molecule has 1 fully saturated rings. The Morgan fingerprint density at radius 1 is 1.12 bits per heavy atom. The summed E-state index contributed by atoms with van der Waals surface area (Å²) in [4.78, 5) is 29.5. The average Bonchev–Trinajstić information content (AvgIpc) is 2.86. The molecule has 0 aliphatic carbocycles. The number of hydrogen-bond acceptors (Lipinski definition) is 4. The molecule has 0 atom stereocenters. The summed E-state index contributed by atoms with van der Waals surface area (Å²) in [6.45, 7) is 8.24. The maximum absolute atomic E-state index is 12.3. The van der Waals surface area contributed by atoms with Crippen molar-refractivity contribution >= 4 is 17.7 Å². The highest BCUT2D eigenvalue weighted by molar-refractivity contribution is 5.78. The predicted octanol–water partition coefficient (Wildman–Crippen LogP) is 2.76. The second-order valence-electron chi connectivity index (χ2n) is 7.68. The number of ether oxygens (including phenoxy) is 1. The van der Waals surface area contributed by atoms with Crippen molar-refractivity contribution < 1.29 is 17.1 Å². The third-order valence-corrected chi connectivity index (χ3v) is 4.04. The lowest BCUT2D eigenvalue weighted by Crippen LogP contribution is -2.39. The van der Waals surface area contributed by atoms with E-state index in [1.807, 2.05) is 32.9 Å². The quantitative estimate of drug-likeness (QED) is 0.829. The first-order valence-electron chi connectivity index (χ1n) is 9.97. The fraction of sp³-hybridized carbons (Fsp3) is 0.600. The van der Waals surface area contributed by atoms with Crippen molar-refractivity contribution in [2.75, 3.05) is 45.2 Å². The first-order valence-corrected chi connectivity index (χ1v) is 8.97. The Labute approximate surface area is 159 Å². The Morgan fingerprint density at radius 3 is 2.35 bits per heavy atom. The lowest BCUT2D eigenvalue weighted by atomic mass is 10.1. The minimum absolute atomic E-state index is 0.292. The number of amides is 2. The molecule has 1 aromatic rings. The maximum atomic E-state index is 12.3. The number of likely N-dealkylation sites (N-methyl/N-ethyl adjacent to an activating group) is 1. The van der Waals surface area contributed by atoms with E-state index in [0.717, 1.165) is 18.7 Å². The van der Waals surface area contributed by atoms with Gasteiger partial charge in [-0.15, -0.1) is 0 Å². The lowest BCUT2D eigenvalue weighted by Gasteiger charge is -2.27. The molecule has 0 N–H and O–H groups in total. The molecule has 1 saturated heterocycles. The maximum Gasteiger partial charge on any atom is 0.410 e. The molecule has 6 heteroatoms. The van der Waals surface area contributed by atoms with Crippen molar-refractivity contribution in [1.82, 2.24) is 9.80 Å². The molecule has 0 radical (unpaired) electrons. The van der Waals surface area contributed by atoms with Crippen LogP contribution in [0.5, 0.6) is 0 Å². The number of carbonyl (C=O) groups excluding carboxylic acids is 2. The molecule has 0 spiro atoms. The van der Waals surface area contributed by atoms with Crippen LogP contribution in [-0.4, -0.2) is 67.7 Å². The largest absolute Gasteiger partial charge is 0.444 e. The van der Waals surface area contributed by atoms with Gasteiger partial charge in [-0.25, -0.2) is 4.79 Å². The standard InChI is InChI=1S/C20H31N3O3/c1-20(2,3)26-19(25)23-12-6-11-22(13-14-23)17-9-7-16(8-10-17)15-18(24)21(4)5/h7-10H,6,11-15H2,1-5H3/i15D2. The molecule has 2 amide bonds. The highest BCUT2D eigenvalue weighted by atomic mass is 16.6. The van der Waals surface area contributed by atoms with Crippen LogP contribution in [0.3, 0.4) is 0 Å². The summed E-state index contributed by atoms with van der Waals surface area (Å²) in [6, 6.07) is 6.99. The van der Waals surface area contributed by atoms with Crippen LogP contribution in [0, 0.1) is 0 Å². The molecule has 1 aliphatic heterocycles. The van der Waals surface area contributed by atoms with Crippen LogP contribution in [0.25, 0.3) is 0 Å². The van der Waals surface area contributed by atoms with E-state index in [2.05, 4.69) is 4.90 Å². The van der Waals surface area contributed by atoms with Gasteiger partial charge in [0.05, 0.1) is 6.37 Å². The third kappa shape index (κ3) is 5.93. The third-order valence-electron chi connectivity index (χ3n) is 4.04. The molecule has 0 aromatic heterocycles. The van der Waals surface area contributed by atoms with Crippen molar-refractivity contribution in [3.05, 3.63) is 29.8 Å². The van der Waals surface area contributed by atoms with Crippen molar-refractivity contribution in [3.63, 3.8) is 0 Å². The van der Waals surface area contributed by atoms with Gasteiger partial charge in [0.25, 0.3) is 0 Å². The number of rotatable bonds is 3. The Morgan fingerprint density at radius 2 is 1.77 bits per heavy atom. The van der Waals surface area contributed by atoms with E-state index in [9.17, 15) is 9.59 Å². The van der Waals surface area contributed by atoms with Crippen LogP contribution in [-0.2, 0) is 15.9 Å². The van der Waals surface area contributed by atoms with Gasteiger partial charge in [0, 0.05) is 48.7 Å². The number of anilines is 1. The topological polar surface area (TPSA) is 53.1 Å². The van der Waals surface area contributed by atoms with Crippen LogP contribution >= 0.6 is 0 Å². The van der Waals surface area contributed by atoms with Gasteiger partial charge in [-0.2, -0.15) is 0 Å². The van der Waals surface area contributed by atoms with Gasteiger partial charge in [0.2, 0.25) is 5.91 Å². The monoisotopic (exact) mass is 363 g/mol. The fourth-order valence-electron chi connectivity index (χ4n) is 2.68. The summed E-state index contributed by atoms with van der Waals surface area (Å²) >= 11 is 0. The second-order valence-corrected chi connectivity index (χ2v) is 7.68. The smallest absolute Gasteiger partial charge is 0.410 e. The molecular weight excluding hydrogens is 330 g/mol. The van der Waals surface area contributed by atoms with E-state index in [1.54, 1.807) is 31.1 Å². The van der Waals surface area contributed by atoms with Crippen LogP contribution in [0.1, 0.15) is 35.5 Å². The fourth-order valence-corrected chi connectivity index (χ4v) is 2.68. The Balaban J connectivity index is 2.05. The first-order chi connectivity index (χ1) is 12.9. The normalized spacial score (nSPS) is 17.1. The zero-order valence-corrected chi connectivity index (χ0v) is 16.4. The zero-order valence-electron chi connectivity index (χ0n) is 18.4. The van der Waals surface area contributed by atoms with Crippen molar-refractivity contribution in [2.24, 2.45) is 0 Å². The van der Waals surface area contributed by atoms with E-state index in [4.69, 9.17) is 7.48 Å². The van der Waals surface area contributed by atoms with E-state index >= 15 is 0 Å². The van der Waals surface area contributed by atoms with Gasteiger partial charge in [-0.1, -0.05) is 12.1 Å². The predicted molar refractivity (Wildman–Crippen MR) is 103 cm³/mol. The summed E-state index contributed by atoms with van der Waals surface area (Å²) in [5.74, 6) is -0.581. The molecule has 2 rings (SSSR count). The van der Waals surface area contributed by atoms with E-state index < -0.39 is 17.9 Å². The average molecular weight is 363 g/mol. The highest BCUT2D eigenvalue weighted by Gasteiger charge is 2.24. The van der Waals surface area contributed by atoms with Crippen LogP contribution in [0.15, 0.2) is 24.3 Å². The van der Waals surface area contributed by atoms with Gasteiger partial charge in [-0.3, -0.25) is 4.79 Å². The Bertz CT molecular complexity index is 700. The summed E-state index contributed by atoms with van der Waals surface area (Å²) in [5, 5.41) is 0. The van der Waals surface area contributed by atoms with E-state index in [1.165, 1.54) is 4.90 Å². The van der Waals surface area contributed by atoms with E-state index in [0.29, 0.717) is 25.2 Å². The van der Waals surface area contributed by atoms with Crippen LogP contribution < -0.4 is 4.90 Å². The molecule has 6 nitrogen and oxygen atoms in total. The molecule has 26 heavy (non-hydrogen) atoms. The molecule has 0 unspecified atom stereocenters. The van der Waals surface area contributed by atoms with Gasteiger partial charge < -0.3 is 19.4 Å².